The van der Waals surface area contributed by atoms with Gasteiger partial charge in [0.05, 0.1) is 0 Å². The quantitative estimate of drug-likeness (QED) is 0.451. The molecule has 0 aromatic heterocycles. The average molecular weight is 409 g/mol. The van der Waals surface area contributed by atoms with Gasteiger partial charge in [0.15, 0.2) is 5.78 Å². The lowest BCUT2D eigenvalue weighted by Gasteiger charge is -2.58. The summed E-state index contributed by atoms with van der Waals surface area (Å²) in [5, 5.41) is 1.17. The van der Waals surface area contributed by atoms with Crippen molar-refractivity contribution in [1.29, 1.82) is 0 Å². The summed E-state index contributed by atoms with van der Waals surface area (Å²) in [4.78, 5) is 11.9. The van der Waals surface area contributed by atoms with Crippen LogP contribution in [-0.4, -0.2) is 11.1 Å². The van der Waals surface area contributed by atoms with Gasteiger partial charge in [0.2, 0.25) is 0 Å². The van der Waals surface area contributed by atoms with Crippen molar-refractivity contribution >= 4 is 21.7 Å². The van der Waals surface area contributed by atoms with Gasteiger partial charge < -0.3 is 0 Å². The number of halogens is 1. The van der Waals surface area contributed by atoms with Crippen LogP contribution in [-0.2, 0) is 4.79 Å². The molecule has 0 aliphatic heterocycles. The first-order valence-corrected chi connectivity index (χ1v) is 11.9. The molecule has 5 unspecified atom stereocenters. The molecule has 0 spiro atoms. The maximum atomic E-state index is 11.9. The maximum Gasteiger partial charge on any atom is 0.155 e. The van der Waals surface area contributed by atoms with Crippen LogP contribution in [0.3, 0.4) is 0 Å². The molecule has 6 atom stereocenters. The molecule has 0 aromatic carbocycles. The van der Waals surface area contributed by atoms with Crippen LogP contribution >= 0.6 is 15.9 Å². The Bertz CT molecular complexity index is 538. The van der Waals surface area contributed by atoms with E-state index in [0.29, 0.717) is 16.6 Å². The predicted molar refractivity (Wildman–Crippen MR) is 110 cm³/mol. The van der Waals surface area contributed by atoms with Crippen LogP contribution in [0, 0.1) is 34.5 Å². The fraction of sp³-hybridized carbons (Fsp3) is 0.870. The van der Waals surface area contributed by atoms with Crippen LogP contribution in [0.25, 0.3) is 0 Å². The number of alkyl halides is 1. The SMILES string of the molecule is CC.CC12CCC3C(CCC4=CC(=O)CC[C@@]43C)C1CCC2CCBr. The van der Waals surface area contributed by atoms with Crippen molar-refractivity contribution in [2.45, 2.75) is 85.5 Å². The maximum absolute atomic E-state index is 11.9. The molecular weight excluding hydrogens is 372 g/mol. The molecule has 142 valence electrons. The molecule has 0 bridgehead atoms. The van der Waals surface area contributed by atoms with E-state index in [1.165, 1.54) is 55.8 Å². The number of fused-ring (bicyclic) bond motifs is 5. The summed E-state index contributed by atoms with van der Waals surface area (Å²) in [6.07, 6.45) is 13.6. The van der Waals surface area contributed by atoms with Crippen molar-refractivity contribution < 1.29 is 4.79 Å². The minimum atomic E-state index is 0.339. The molecule has 3 saturated carbocycles. The average Bonchev–Trinajstić information content (AvgIpc) is 2.94. The van der Waals surface area contributed by atoms with E-state index < -0.39 is 0 Å². The highest BCUT2D eigenvalue weighted by molar-refractivity contribution is 9.09. The van der Waals surface area contributed by atoms with E-state index in [0.717, 1.165) is 36.5 Å². The highest BCUT2D eigenvalue weighted by atomic mass is 79.9. The zero-order chi connectivity index (χ0) is 18.2. The van der Waals surface area contributed by atoms with Gasteiger partial charge in [-0.2, -0.15) is 0 Å². The van der Waals surface area contributed by atoms with Crippen LogP contribution in [0.15, 0.2) is 11.6 Å². The van der Waals surface area contributed by atoms with E-state index in [4.69, 9.17) is 0 Å². The summed E-state index contributed by atoms with van der Waals surface area (Å²) >= 11 is 3.69. The number of hydrogen-bond acceptors (Lipinski definition) is 1. The number of hydrogen-bond donors (Lipinski definition) is 0. The Kier molecular flexibility index (Phi) is 5.88. The van der Waals surface area contributed by atoms with Gasteiger partial charge in [0.1, 0.15) is 0 Å². The van der Waals surface area contributed by atoms with E-state index in [2.05, 4.69) is 29.8 Å². The third-order valence-electron chi connectivity index (χ3n) is 8.62. The number of carbonyl (C=O) groups is 1. The highest BCUT2D eigenvalue weighted by Crippen LogP contribution is 2.66. The summed E-state index contributed by atoms with van der Waals surface area (Å²) in [6, 6.07) is 0. The van der Waals surface area contributed by atoms with Gasteiger partial charge >= 0.3 is 0 Å². The van der Waals surface area contributed by atoms with Gasteiger partial charge in [0, 0.05) is 11.8 Å². The van der Waals surface area contributed by atoms with Crippen LogP contribution in [0.1, 0.15) is 85.5 Å². The summed E-state index contributed by atoms with van der Waals surface area (Å²) in [7, 11) is 0. The molecular formula is C23H37BrO. The molecule has 0 heterocycles. The zero-order valence-electron chi connectivity index (χ0n) is 16.7. The Labute approximate surface area is 163 Å². The van der Waals surface area contributed by atoms with Crippen molar-refractivity contribution in [1.82, 2.24) is 0 Å². The van der Waals surface area contributed by atoms with Gasteiger partial charge in [-0.3, -0.25) is 4.79 Å². The van der Waals surface area contributed by atoms with Crippen molar-refractivity contribution in [3.63, 3.8) is 0 Å². The standard InChI is InChI=1S/C21H31BrO.C2H6/c1-20-11-8-19-17(18(20)6-4-14(20)9-12-22)5-3-15-13-16(23)7-10-21(15,19)2;1-2/h13-14,17-19H,3-12H2,1-2H3;1-2H3/t14?,17?,18?,19?,20?,21-;/m0./s1. The third-order valence-corrected chi connectivity index (χ3v) is 9.07. The monoisotopic (exact) mass is 408 g/mol. The second-order valence-corrected chi connectivity index (χ2v) is 10.1. The van der Waals surface area contributed by atoms with Crippen LogP contribution in [0.5, 0.6) is 0 Å². The Morgan fingerprint density at radius 2 is 1.80 bits per heavy atom. The first kappa shape index (κ1) is 19.6. The lowest BCUT2D eigenvalue weighted by Crippen LogP contribution is -2.50. The Balaban J connectivity index is 0.000000880. The Morgan fingerprint density at radius 3 is 2.52 bits per heavy atom. The first-order chi connectivity index (χ1) is 12.0. The molecule has 0 amide bonds. The molecule has 0 radical (unpaired) electrons. The van der Waals surface area contributed by atoms with Crippen molar-refractivity contribution in [3.05, 3.63) is 11.6 Å². The smallest absolute Gasteiger partial charge is 0.155 e. The number of rotatable bonds is 2. The van der Waals surface area contributed by atoms with E-state index in [9.17, 15) is 4.79 Å². The summed E-state index contributed by atoms with van der Waals surface area (Å²) in [5.41, 5.74) is 2.44. The molecule has 1 nitrogen and oxygen atoms in total. The van der Waals surface area contributed by atoms with Gasteiger partial charge in [-0.25, -0.2) is 0 Å². The second kappa shape index (κ2) is 7.49. The fourth-order valence-corrected chi connectivity index (χ4v) is 7.83. The largest absolute Gasteiger partial charge is 0.295 e. The van der Waals surface area contributed by atoms with Crippen LogP contribution in [0.2, 0.25) is 0 Å². The molecule has 0 aromatic rings. The molecule has 0 N–H and O–H groups in total. The Hall–Kier alpha value is -0.110. The van der Waals surface area contributed by atoms with E-state index >= 15 is 0 Å². The molecule has 0 saturated heterocycles. The van der Waals surface area contributed by atoms with E-state index in [1.807, 2.05) is 19.9 Å². The molecule has 3 fully saturated rings. The zero-order valence-corrected chi connectivity index (χ0v) is 18.3. The van der Waals surface area contributed by atoms with Crippen LogP contribution < -0.4 is 0 Å². The van der Waals surface area contributed by atoms with Crippen LogP contribution in [0.4, 0.5) is 0 Å². The Morgan fingerprint density at radius 1 is 1.04 bits per heavy atom. The second-order valence-electron chi connectivity index (χ2n) is 9.27. The fourth-order valence-electron chi connectivity index (χ4n) is 7.27. The minimum absolute atomic E-state index is 0.339. The minimum Gasteiger partial charge on any atom is -0.295 e. The third kappa shape index (κ3) is 3.09. The van der Waals surface area contributed by atoms with E-state index in [1.54, 1.807) is 0 Å². The topological polar surface area (TPSA) is 17.1 Å². The van der Waals surface area contributed by atoms with Gasteiger partial charge in [-0.05, 0) is 91.9 Å². The molecule has 4 aliphatic carbocycles. The molecule has 25 heavy (non-hydrogen) atoms. The van der Waals surface area contributed by atoms with Gasteiger partial charge in [-0.1, -0.05) is 49.2 Å². The molecule has 4 aliphatic rings. The summed E-state index contributed by atoms with van der Waals surface area (Å²) < 4.78 is 0. The lowest BCUT2D eigenvalue weighted by atomic mass is 9.47. The highest BCUT2D eigenvalue weighted by Gasteiger charge is 2.58. The summed E-state index contributed by atoms with van der Waals surface area (Å²) in [6.45, 7) is 9.11. The van der Waals surface area contributed by atoms with Crippen molar-refractivity contribution in [2.75, 3.05) is 5.33 Å². The van der Waals surface area contributed by atoms with Gasteiger partial charge in [0.25, 0.3) is 0 Å². The lowest BCUT2D eigenvalue weighted by molar-refractivity contribution is -0.117. The number of carbonyl (C=O) groups excluding carboxylic acids is 1. The van der Waals surface area contributed by atoms with Gasteiger partial charge in [-0.15, -0.1) is 0 Å². The number of allylic oxidation sites excluding steroid dienone is 1. The number of ketones is 1. The normalized spacial score (nSPS) is 45.5. The summed E-state index contributed by atoms with van der Waals surface area (Å²) in [5.74, 6) is 4.03. The van der Waals surface area contributed by atoms with Crippen molar-refractivity contribution in [3.8, 4) is 0 Å². The predicted octanol–water partition coefficient (Wildman–Crippen LogP) is 6.95. The first-order valence-electron chi connectivity index (χ1n) is 10.8. The molecule has 2 heteroatoms. The van der Waals surface area contributed by atoms with E-state index in [-0.39, 0.29) is 0 Å². The molecule has 4 rings (SSSR count). The van der Waals surface area contributed by atoms with Crippen molar-refractivity contribution in [2.24, 2.45) is 34.5 Å².